The minimum absolute atomic E-state index is 0.0338. The van der Waals surface area contributed by atoms with Crippen molar-refractivity contribution in [1.82, 2.24) is 10.2 Å². The highest BCUT2D eigenvalue weighted by molar-refractivity contribution is 5.66. The summed E-state index contributed by atoms with van der Waals surface area (Å²) in [6.45, 7) is 1.30. The molecule has 0 bridgehead atoms. The Bertz CT molecular complexity index is 677. The van der Waals surface area contributed by atoms with Crippen LogP contribution < -0.4 is 15.0 Å². The predicted molar refractivity (Wildman–Crippen MR) is 76.7 cm³/mol. The Kier molecular flexibility index (Phi) is 3.87. The first-order valence-corrected chi connectivity index (χ1v) is 6.74. The van der Waals surface area contributed by atoms with Crippen molar-refractivity contribution in [3.63, 3.8) is 0 Å². The average Bonchev–Trinajstić information content (AvgIpc) is 3.00. The van der Waals surface area contributed by atoms with Gasteiger partial charge >= 0.3 is 0 Å². The Balaban J connectivity index is 1.93. The number of benzene rings is 1. The van der Waals surface area contributed by atoms with Gasteiger partial charge in [-0.1, -0.05) is 6.07 Å². The molecule has 1 aliphatic heterocycles. The fraction of sp³-hybridized carbons (Fsp3) is 0.333. The van der Waals surface area contributed by atoms with Gasteiger partial charge in [0.1, 0.15) is 6.10 Å². The van der Waals surface area contributed by atoms with E-state index in [0.717, 1.165) is 17.5 Å². The van der Waals surface area contributed by atoms with Crippen LogP contribution in [0.5, 0.6) is 11.5 Å². The zero-order valence-corrected chi connectivity index (χ0v) is 11.7. The normalized spacial score (nSPS) is 17.7. The molecule has 1 aromatic heterocycles. The van der Waals surface area contributed by atoms with E-state index in [1.807, 2.05) is 18.2 Å². The molecule has 1 aliphatic rings. The lowest BCUT2D eigenvalue weighted by molar-refractivity contribution is 0.138. The second-order valence-corrected chi connectivity index (χ2v) is 4.80. The first-order chi connectivity index (χ1) is 10.3. The number of methoxy groups -OCH3 is 1. The molecule has 0 saturated carbocycles. The van der Waals surface area contributed by atoms with Gasteiger partial charge in [0.15, 0.2) is 11.5 Å². The van der Waals surface area contributed by atoms with Gasteiger partial charge in [0.25, 0.3) is 5.56 Å². The van der Waals surface area contributed by atoms with Gasteiger partial charge in [-0.15, -0.1) is 0 Å². The third-order valence-corrected chi connectivity index (χ3v) is 3.34. The quantitative estimate of drug-likeness (QED) is 0.925. The molecule has 110 valence electrons. The summed E-state index contributed by atoms with van der Waals surface area (Å²) >= 11 is 0. The molecule has 0 spiro atoms. The molecule has 6 heteroatoms. The molecule has 1 saturated heterocycles. The highest BCUT2D eigenvalue weighted by Crippen LogP contribution is 2.33. The van der Waals surface area contributed by atoms with E-state index in [9.17, 15) is 4.79 Å². The van der Waals surface area contributed by atoms with Gasteiger partial charge < -0.3 is 14.2 Å². The molecule has 0 aliphatic carbocycles. The monoisotopic (exact) mass is 288 g/mol. The Morgan fingerprint density at radius 3 is 2.90 bits per heavy atom. The number of ether oxygens (including phenoxy) is 3. The molecule has 2 aromatic rings. The van der Waals surface area contributed by atoms with Crippen LogP contribution in [-0.4, -0.2) is 36.6 Å². The molecule has 1 N–H and O–H groups in total. The lowest BCUT2D eigenvalue weighted by Gasteiger charge is -2.16. The molecule has 3 rings (SSSR count). The van der Waals surface area contributed by atoms with Crippen molar-refractivity contribution in [1.29, 1.82) is 0 Å². The van der Waals surface area contributed by atoms with E-state index in [2.05, 4.69) is 10.2 Å². The highest BCUT2D eigenvalue weighted by atomic mass is 16.6. The van der Waals surface area contributed by atoms with Crippen LogP contribution >= 0.6 is 0 Å². The van der Waals surface area contributed by atoms with Crippen molar-refractivity contribution >= 4 is 0 Å². The molecular weight excluding hydrogens is 272 g/mol. The van der Waals surface area contributed by atoms with E-state index in [-0.39, 0.29) is 11.7 Å². The number of H-pyrrole nitrogens is 1. The highest BCUT2D eigenvalue weighted by Gasteiger charge is 2.19. The largest absolute Gasteiger partial charge is 0.493 e. The van der Waals surface area contributed by atoms with Crippen LogP contribution in [0.3, 0.4) is 0 Å². The van der Waals surface area contributed by atoms with Crippen LogP contribution in [0.25, 0.3) is 11.1 Å². The molecule has 6 nitrogen and oxygen atoms in total. The van der Waals surface area contributed by atoms with E-state index in [4.69, 9.17) is 14.2 Å². The zero-order chi connectivity index (χ0) is 14.7. The fourth-order valence-electron chi connectivity index (χ4n) is 2.27. The summed E-state index contributed by atoms with van der Waals surface area (Å²) in [7, 11) is 1.60. The molecule has 1 fully saturated rings. The maximum atomic E-state index is 11.4. The average molecular weight is 288 g/mol. The van der Waals surface area contributed by atoms with Crippen LogP contribution in [-0.2, 0) is 4.74 Å². The van der Waals surface area contributed by atoms with E-state index >= 15 is 0 Å². The lowest BCUT2D eigenvalue weighted by Crippen LogP contribution is -2.16. The lowest BCUT2D eigenvalue weighted by atomic mass is 10.1. The Labute approximate surface area is 121 Å². The minimum Gasteiger partial charge on any atom is -0.493 e. The van der Waals surface area contributed by atoms with Crippen molar-refractivity contribution in [2.75, 3.05) is 20.3 Å². The maximum Gasteiger partial charge on any atom is 0.264 e. The van der Waals surface area contributed by atoms with E-state index < -0.39 is 0 Å². The molecule has 0 radical (unpaired) electrons. The Morgan fingerprint density at radius 1 is 1.29 bits per heavy atom. The summed E-state index contributed by atoms with van der Waals surface area (Å²) in [5.74, 6) is 1.30. The second-order valence-electron chi connectivity index (χ2n) is 4.80. The predicted octanol–water partition coefficient (Wildman–Crippen LogP) is 1.61. The number of aromatic nitrogens is 2. The number of hydrogen-bond acceptors (Lipinski definition) is 5. The summed E-state index contributed by atoms with van der Waals surface area (Å²) in [5, 5.41) is 6.17. The molecule has 2 heterocycles. The third kappa shape index (κ3) is 3.05. The minimum atomic E-state index is -0.241. The summed E-state index contributed by atoms with van der Waals surface area (Å²) in [4.78, 5) is 11.4. The van der Waals surface area contributed by atoms with E-state index in [0.29, 0.717) is 24.7 Å². The van der Waals surface area contributed by atoms with Crippen LogP contribution in [0.2, 0.25) is 0 Å². The van der Waals surface area contributed by atoms with Crippen LogP contribution in [0.1, 0.15) is 6.42 Å². The fourth-order valence-corrected chi connectivity index (χ4v) is 2.27. The van der Waals surface area contributed by atoms with Crippen molar-refractivity contribution in [2.45, 2.75) is 12.5 Å². The van der Waals surface area contributed by atoms with Gasteiger partial charge in [0.05, 0.1) is 26.5 Å². The Morgan fingerprint density at radius 2 is 2.19 bits per heavy atom. The van der Waals surface area contributed by atoms with E-state index in [1.165, 1.54) is 6.07 Å². The Hall–Kier alpha value is -2.34. The molecule has 21 heavy (non-hydrogen) atoms. The van der Waals surface area contributed by atoms with E-state index in [1.54, 1.807) is 13.3 Å². The smallest absolute Gasteiger partial charge is 0.264 e. The van der Waals surface area contributed by atoms with Gasteiger partial charge in [-0.3, -0.25) is 4.79 Å². The zero-order valence-electron chi connectivity index (χ0n) is 11.7. The molecule has 1 unspecified atom stereocenters. The van der Waals surface area contributed by atoms with Gasteiger partial charge in [-0.05, 0) is 17.7 Å². The SMILES string of the molecule is COc1ccc(-c2cn[nH]c(=O)c2)cc1OC1CCOC1. The van der Waals surface area contributed by atoms with Gasteiger partial charge in [0.2, 0.25) is 0 Å². The van der Waals surface area contributed by atoms with Crippen LogP contribution in [0, 0.1) is 0 Å². The van der Waals surface area contributed by atoms with Gasteiger partial charge in [0, 0.05) is 18.1 Å². The molecule has 1 atom stereocenters. The number of rotatable bonds is 4. The van der Waals surface area contributed by atoms with Crippen LogP contribution in [0.15, 0.2) is 35.3 Å². The molecule has 0 amide bonds. The number of aromatic amines is 1. The summed E-state index contributed by atoms with van der Waals surface area (Å²) < 4.78 is 16.6. The number of nitrogens with one attached hydrogen (secondary N) is 1. The summed E-state index contributed by atoms with van der Waals surface area (Å²) in [6.07, 6.45) is 2.50. The first kappa shape index (κ1) is 13.6. The summed E-state index contributed by atoms with van der Waals surface area (Å²) in [6, 6.07) is 7.04. The van der Waals surface area contributed by atoms with Gasteiger partial charge in [-0.25, -0.2) is 5.10 Å². The third-order valence-electron chi connectivity index (χ3n) is 3.34. The van der Waals surface area contributed by atoms with Crippen molar-refractivity contribution in [2.24, 2.45) is 0 Å². The van der Waals surface area contributed by atoms with Crippen molar-refractivity contribution in [3.05, 3.63) is 40.8 Å². The topological polar surface area (TPSA) is 73.4 Å². The second kappa shape index (κ2) is 5.97. The van der Waals surface area contributed by atoms with Gasteiger partial charge in [-0.2, -0.15) is 5.10 Å². The number of hydrogen-bond donors (Lipinski definition) is 1. The summed E-state index contributed by atoms with van der Waals surface area (Å²) in [5.41, 5.74) is 1.34. The van der Waals surface area contributed by atoms with Crippen LogP contribution in [0.4, 0.5) is 0 Å². The maximum absolute atomic E-state index is 11.4. The molecular formula is C15H16N2O4. The van der Waals surface area contributed by atoms with Crippen molar-refractivity contribution in [3.8, 4) is 22.6 Å². The number of nitrogens with zero attached hydrogens (tertiary/aromatic N) is 1. The standard InChI is InChI=1S/C15H16N2O4/c1-19-13-3-2-10(11-7-15(18)17-16-8-11)6-14(13)21-12-4-5-20-9-12/h2-3,6-8,12H,4-5,9H2,1H3,(H,17,18). The first-order valence-electron chi connectivity index (χ1n) is 6.74. The van der Waals surface area contributed by atoms with Crippen molar-refractivity contribution < 1.29 is 14.2 Å². The molecule has 1 aromatic carbocycles.